The Hall–Kier alpha value is -2.10. The van der Waals surface area contributed by atoms with Crippen LogP contribution in [-0.2, 0) is 13.0 Å². The van der Waals surface area contributed by atoms with Gasteiger partial charge in [0.1, 0.15) is 21.9 Å². The van der Waals surface area contributed by atoms with Gasteiger partial charge >= 0.3 is 0 Å². The molecule has 10 heteroatoms. The zero-order valence-electron chi connectivity index (χ0n) is 18.9. The number of rotatable bonds is 7. The molecule has 0 spiro atoms. The van der Waals surface area contributed by atoms with Crippen LogP contribution in [0.1, 0.15) is 24.0 Å². The minimum atomic E-state index is -0.243. The van der Waals surface area contributed by atoms with Gasteiger partial charge in [-0.05, 0) is 62.2 Å². The van der Waals surface area contributed by atoms with Gasteiger partial charge in [-0.15, -0.1) is 36.2 Å². The van der Waals surface area contributed by atoms with Crippen molar-refractivity contribution in [2.24, 2.45) is 0 Å². The maximum atomic E-state index is 14.6. The summed E-state index contributed by atoms with van der Waals surface area (Å²) in [7, 11) is 1.62. The van der Waals surface area contributed by atoms with Crippen LogP contribution in [0.15, 0.2) is 42.2 Å². The molecule has 4 heterocycles. The van der Waals surface area contributed by atoms with Gasteiger partial charge in [0.25, 0.3) is 0 Å². The monoisotopic (exact) mass is 523 g/mol. The maximum absolute atomic E-state index is 14.6. The third-order valence-corrected chi connectivity index (χ3v) is 6.99. The number of likely N-dealkylation sites (tertiary alicyclic amines) is 1. The number of methoxy groups -OCH3 is 1. The molecule has 0 bridgehead atoms. The van der Waals surface area contributed by atoms with Gasteiger partial charge in [0.2, 0.25) is 0 Å². The van der Waals surface area contributed by atoms with E-state index in [1.54, 1.807) is 18.4 Å². The van der Waals surface area contributed by atoms with Crippen molar-refractivity contribution in [1.82, 2.24) is 25.2 Å². The fraction of sp³-hybridized carbons (Fsp3) is 0.375. The van der Waals surface area contributed by atoms with Gasteiger partial charge in [-0.3, -0.25) is 4.98 Å². The number of halogens is 3. The number of nitrogens with zero attached hydrogens (tertiary/aromatic N) is 4. The molecule has 6 nitrogen and oxygen atoms in total. The third-order valence-electron chi connectivity index (χ3n) is 6.24. The number of ether oxygens (including phenoxy) is 1. The summed E-state index contributed by atoms with van der Waals surface area (Å²) in [6.07, 6.45) is 6.10. The van der Waals surface area contributed by atoms with E-state index in [1.807, 2.05) is 29.9 Å². The molecule has 0 saturated carbocycles. The van der Waals surface area contributed by atoms with E-state index in [-0.39, 0.29) is 30.6 Å². The number of piperidine rings is 1. The van der Waals surface area contributed by atoms with Gasteiger partial charge in [0, 0.05) is 36.3 Å². The fourth-order valence-corrected chi connectivity index (χ4v) is 4.98. The Balaban J connectivity index is 0.00000162. The lowest BCUT2D eigenvalue weighted by atomic mass is 10.0. The second-order valence-electron chi connectivity index (χ2n) is 8.23. The lowest BCUT2D eigenvalue weighted by molar-refractivity contribution is 0.199. The van der Waals surface area contributed by atoms with Gasteiger partial charge in [0.05, 0.1) is 24.3 Å². The molecular formula is C24H28Cl2FN5OS. The number of hydrogen-bond donors (Lipinski definition) is 1. The van der Waals surface area contributed by atoms with Crippen LogP contribution in [0.5, 0.6) is 5.75 Å². The Morgan fingerprint density at radius 1 is 1.09 bits per heavy atom. The topological polar surface area (TPSA) is 63.2 Å². The molecule has 4 aromatic rings. The molecule has 1 fully saturated rings. The van der Waals surface area contributed by atoms with Gasteiger partial charge in [-0.25, -0.2) is 14.4 Å². The number of benzene rings is 1. The Kier molecular flexibility index (Phi) is 9.39. The summed E-state index contributed by atoms with van der Waals surface area (Å²) in [4.78, 5) is 16.5. The first kappa shape index (κ1) is 26.5. The predicted molar refractivity (Wildman–Crippen MR) is 140 cm³/mol. The summed E-state index contributed by atoms with van der Waals surface area (Å²) in [5.41, 5.74) is 5.50. The van der Waals surface area contributed by atoms with E-state index in [4.69, 9.17) is 4.74 Å². The first-order valence-corrected chi connectivity index (χ1v) is 11.8. The lowest BCUT2D eigenvalue weighted by Crippen LogP contribution is -2.42. The summed E-state index contributed by atoms with van der Waals surface area (Å²) in [5.74, 6) is 0.482. The Bertz CT molecular complexity index is 1230. The van der Waals surface area contributed by atoms with Crippen molar-refractivity contribution in [1.29, 1.82) is 0 Å². The van der Waals surface area contributed by atoms with E-state index in [9.17, 15) is 4.39 Å². The van der Waals surface area contributed by atoms with Gasteiger partial charge in [0.15, 0.2) is 0 Å². The van der Waals surface area contributed by atoms with Crippen molar-refractivity contribution in [2.75, 3.05) is 26.7 Å². The molecule has 1 aliphatic rings. The van der Waals surface area contributed by atoms with Crippen LogP contribution < -0.4 is 10.1 Å². The molecule has 5 rings (SSSR count). The summed E-state index contributed by atoms with van der Waals surface area (Å²) in [5, 5.41) is 4.50. The average molecular weight is 524 g/mol. The first-order chi connectivity index (χ1) is 15.7. The standard InChI is InChI=1S/C24H26FN5OS.2ClH/c1-31-18-2-3-22-20(11-18)19(21(25)14-27-22)6-9-30-7-4-17(5-8-30)26-12-16-10-23-24(28-13-16)32-15-29-23;;/h2-3,10-11,13-15,17,26H,4-9,12H2,1H3;2*1H. The number of pyridine rings is 2. The minimum absolute atomic E-state index is 0. The number of nitrogens with one attached hydrogen (secondary N) is 1. The minimum Gasteiger partial charge on any atom is -0.497 e. The molecule has 34 heavy (non-hydrogen) atoms. The highest BCUT2D eigenvalue weighted by Gasteiger charge is 2.20. The van der Waals surface area contributed by atoms with Crippen LogP contribution in [0, 0.1) is 5.82 Å². The van der Waals surface area contributed by atoms with E-state index >= 15 is 0 Å². The SMILES string of the molecule is COc1ccc2ncc(F)c(CCN3CCC(NCc4cnc5scnc5c4)CC3)c2c1.Cl.Cl. The Morgan fingerprint density at radius 3 is 2.71 bits per heavy atom. The van der Waals surface area contributed by atoms with E-state index in [0.29, 0.717) is 12.5 Å². The zero-order valence-corrected chi connectivity index (χ0v) is 21.3. The quantitative estimate of drug-likeness (QED) is 0.366. The maximum Gasteiger partial charge on any atom is 0.145 e. The fourth-order valence-electron chi connectivity index (χ4n) is 4.37. The second-order valence-corrected chi connectivity index (χ2v) is 9.07. The van der Waals surface area contributed by atoms with Crippen molar-refractivity contribution in [3.8, 4) is 5.75 Å². The van der Waals surface area contributed by atoms with Gasteiger partial charge in [-0.2, -0.15) is 0 Å². The zero-order chi connectivity index (χ0) is 21.9. The Morgan fingerprint density at radius 2 is 1.91 bits per heavy atom. The van der Waals surface area contributed by atoms with Crippen LogP contribution in [0.25, 0.3) is 21.3 Å². The number of hydrogen-bond acceptors (Lipinski definition) is 7. The molecule has 1 saturated heterocycles. The molecule has 1 aromatic carbocycles. The molecule has 1 aliphatic heterocycles. The lowest BCUT2D eigenvalue weighted by Gasteiger charge is -2.32. The summed E-state index contributed by atoms with van der Waals surface area (Å²) in [6, 6.07) is 8.23. The molecule has 0 radical (unpaired) electrons. The van der Waals surface area contributed by atoms with Crippen LogP contribution in [0.4, 0.5) is 4.39 Å². The molecule has 182 valence electrons. The predicted octanol–water partition coefficient (Wildman–Crippen LogP) is 5.03. The van der Waals surface area contributed by atoms with E-state index in [1.165, 1.54) is 11.8 Å². The van der Waals surface area contributed by atoms with Crippen LogP contribution in [-0.4, -0.2) is 52.6 Å². The highest BCUT2D eigenvalue weighted by atomic mass is 35.5. The highest BCUT2D eigenvalue weighted by Crippen LogP contribution is 2.25. The second kappa shape index (κ2) is 12.0. The van der Waals surface area contributed by atoms with Crippen molar-refractivity contribution < 1.29 is 9.13 Å². The molecule has 0 amide bonds. The largest absolute Gasteiger partial charge is 0.497 e. The third kappa shape index (κ3) is 5.93. The van der Waals surface area contributed by atoms with Crippen LogP contribution in [0.2, 0.25) is 0 Å². The number of thiazole rings is 1. The summed E-state index contributed by atoms with van der Waals surface area (Å²) < 4.78 is 19.9. The number of aromatic nitrogens is 3. The van der Waals surface area contributed by atoms with Crippen LogP contribution >= 0.6 is 36.2 Å². The summed E-state index contributed by atoms with van der Waals surface area (Å²) in [6.45, 7) is 3.66. The van der Waals surface area contributed by atoms with E-state index in [2.05, 4.69) is 31.2 Å². The summed E-state index contributed by atoms with van der Waals surface area (Å²) >= 11 is 1.57. The normalized spacial score (nSPS) is 14.6. The van der Waals surface area contributed by atoms with Crippen molar-refractivity contribution in [3.63, 3.8) is 0 Å². The molecular weight excluding hydrogens is 496 g/mol. The smallest absolute Gasteiger partial charge is 0.145 e. The average Bonchev–Trinajstić information content (AvgIpc) is 3.30. The van der Waals surface area contributed by atoms with E-state index in [0.717, 1.165) is 71.6 Å². The first-order valence-electron chi connectivity index (χ1n) is 10.9. The molecule has 0 unspecified atom stereocenters. The Labute approximate surface area is 214 Å². The van der Waals surface area contributed by atoms with Gasteiger partial charge < -0.3 is 15.0 Å². The molecule has 1 N–H and O–H groups in total. The van der Waals surface area contributed by atoms with Crippen molar-refractivity contribution in [2.45, 2.75) is 31.8 Å². The van der Waals surface area contributed by atoms with E-state index < -0.39 is 0 Å². The van der Waals surface area contributed by atoms with Crippen molar-refractivity contribution >= 4 is 57.4 Å². The van der Waals surface area contributed by atoms with Crippen LogP contribution in [0.3, 0.4) is 0 Å². The molecule has 0 atom stereocenters. The number of fused-ring (bicyclic) bond motifs is 2. The molecule has 0 aliphatic carbocycles. The highest BCUT2D eigenvalue weighted by molar-refractivity contribution is 7.16. The molecule has 3 aromatic heterocycles. The van der Waals surface area contributed by atoms with Gasteiger partial charge in [-0.1, -0.05) is 0 Å². The van der Waals surface area contributed by atoms with Crippen molar-refractivity contribution in [3.05, 3.63) is 59.1 Å².